The van der Waals surface area contributed by atoms with E-state index < -0.39 is 21.3 Å². The zero-order chi connectivity index (χ0) is 17.0. The van der Waals surface area contributed by atoms with Gasteiger partial charge in [-0.15, -0.1) is 0 Å². The molecule has 0 bridgehead atoms. The van der Waals surface area contributed by atoms with Gasteiger partial charge in [-0.05, 0) is 0 Å². The van der Waals surface area contributed by atoms with Gasteiger partial charge in [-0.1, -0.05) is 0 Å². The summed E-state index contributed by atoms with van der Waals surface area (Å²) < 4.78 is 8.08. The molecule has 134 valence electrons. The van der Waals surface area contributed by atoms with Gasteiger partial charge in [-0.2, -0.15) is 0 Å². The normalized spacial score (nSPS) is 13.5. The van der Waals surface area contributed by atoms with E-state index in [1.165, 1.54) is 33.4 Å². The van der Waals surface area contributed by atoms with Crippen molar-refractivity contribution in [3.05, 3.63) is 75.3 Å². The van der Waals surface area contributed by atoms with Crippen LogP contribution in [0.5, 0.6) is 0 Å². The van der Waals surface area contributed by atoms with Gasteiger partial charge in [0.2, 0.25) is 0 Å². The molecular formula is C23H24Cl2Zr. The van der Waals surface area contributed by atoms with Gasteiger partial charge in [0, 0.05) is 0 Å². The van der Waals surface area contributed by atoms with Gasteiger partial charge in [-0.3, -0.25) is 0 Å². The second-order valence-electron chi connectivity index (χ2n) is 7.35. The maximum Gasteiger partial charge on any atom is -1.00 e. The Morgan fingerprint density at radius 1 is 0.654 bits per heavy atom. The molecule has 0 saturated carbocycles. The van der Waals surface area contributed by atoms with Crippen LogP contribution < -0.4 is 24.8 Å². The third-order valence-electron chi connectivity index (χ3n) is 5.77. The number of aryl methyl sites for hydroxylation is 4. The molecule has 0 radical (unpaired) electrons. The summed E-state index contributed by atoms with van der Waals surface area (Å²) in [7, 11) is 0. The molecule has 0 amide bonds. The van der Waals surface area contributed by atoms with Crippen molar-refractivity contribution in [1.29, 1.82) is 0 Å². The first-order chi connectivity index (χ1) is 11.5. The summed E-state index contributed by atoms with van der Waals surface area (Å²) in [6, 6.07) is 9.07. The van der Waals surface area contributed by atoms with Gasteiger partial charge < -0.3 is 24.8 Å². The number of benzene rings is 2. The summed E-state index contributed by atoms with van der Waals surface area (Å²) in [5.41, 5.74) is 11.8. The van der Waals surface area contributed by atoms with E-state index in [-0.39, 0.29) is 24.8 Å². The molecule has 0 aromatic heterocycles. The van der Waals surface area contributed by atoms with Gasteiger partial charge in [0.05, 0.1) is 0 Å². The number of fused-ring (bicyclic) bond motifs is 2. The van der Waals surface area contributed by atoms with E-state index in [4.69, 9.17) is 4.21 Å². The molecule has 0 N–H and O–H groups in total. The molecular weight excluding hydrogens is 438 g/mol. The van der Waals surface area contributed by atoms with Crippen molar-refractivity contribution in [3.8, 4) is 0 Å². The molecule has 0 heterocycles. The average molecular weight is 463 g/mol. The van der Waals surface area contributed by atoms with Gasteiger partial charge in [0.25, 0.3) is 0 Å². The summed E-state index contributed by atoms with van der Waals surface area (Å²) >= 11 is -1.94. The minimum Gasteiger partial charge on any atom is -1.00 e. The van der Waals surface area contributed by atoms with Crippen LogP contribution in [0.15, 0.2) is 30.8 Å². The van der Waals surface area contributed by atoms with Crippen molar-refractivity contribution in [3.63, 3.8) is 0 Å². The van der Waals surface area contributed by atoms with Crippen molar-refractivity contribution >= 4 is 16.4 Å². The molecule has 2 aromatic rings. The summed E-state index contributed by atoms with van der Waals surface area (Å²) in [6.45, 7) is 8.97. The Kier molecular flexibility index (Phi) is 6.71. The van der Waals surface area contributed by atoms with Crippen LogP contribution in [0.2, 0.25) is 0 Å². The van der Waals surface area contributed by atoms with Gasteiger partial charge >= 0.3 is 154 Å². The molecule has 0 aliphatic heterocycles. The Morgan fingerprint density at radius 3 is 1.35 bits per heavy atom. The standard InChI is InChI=1S/2C11H11.CH2.2ClH.Zr/c2*1-8-6-7-9(2)11-5-3-4-10(8)11;;;;/h2*4,6-7H,5H2,1-2H3;1H2;2*1H;/q;;;;;+2/p-2. The SMILES string of the molecule is [CH2]=[Zr+2]([C]1=Cc2c(C)ccc(C)c2C1)[C]1=Cc2c(C)ccc(C)c2C1.[Cl-].[Cl-]. The number of rotatable bonds is 2. The van der Waals surface area contributed by atoms with Crippen molar-refractivity contribution in [2.75, 3.05) is 0 Å². The average Bonchev–Trinajstić information content (AvgIpc) is 3.20. The van der Waals surface area contributed by atoms with E-state index in [9.17, 15) is 0 Å². The van der Waals surface area contributed by atoms with Crippen molar-refractivity contribution in [2.45, 2.75) is 40.5 Å². The monoisotopic (exact) mass is 460 g/mol. The minimum atomic E-state index is -1.94. The Balaban J connectivity index is 0.00000121. The summed E-state index contributed by atoms with van der Waals surface area (Å²) in [4.78, 5) is 0. The molecule has 0 unspecified atom stereocenters. The number of hydrogen-bond donors (Lipinski definition) is 0. The molecule has 2 aliphatic rings. The topological polar surface area (TPSA) is 0 Å². The molecule has 4 rings (SSSR count). The summed E-state index contributed by atoms with van der Waals surface area (Å²) in [6.07, 6.45) is 7.27. The molecule has 2 aromatic carbocycles. The van der Waals surface area contributed by atoms with Gasteiger partial charge in [0.15, 0.2) is 0 Å². The first kappa shape index (κ1) is 21.6. The number of halogens is 2. The van der Waals surface area contributed by atoms with Crippen LogP contribution in [0.3, 0.4) is 0 Å². The van der Waals surface area contributed by atoms with Crippen molar-refractivity contribution in [2.24, 2.45) is 0 Å². The van der Waals surface area contributed by atoms with E-state index in [2.05, 4.69) is 64.1 Å². The molecule has 0 nitrogen and oxygen atoms in total. The molecule has 26 heavy (non-hydrogen) atoms. The fraction of sp³-hybridized carbons (Fsp3) is 0.261. The van der Waals surface area contributed by atoms with Gasteiger partial charge in [-0.25, -0.2) is 0 Å². The van der Waals surface area contributed by atoms with Crippen LogP contribution in [-0.4, -0.2) is 4.21 Å². The molecule has 0 saturated heterocycles. The van der Waals surface area contributed by atoms with Crippen molar-refractivity contribution in [1.82, 2.24) is 0 Å². The smallest absolute Gasteiger partial charge is 1.00 e. The van der Waals surface area contributed by atoms with Crippen LogP contribution in [0, 0.1) is 27.7 Å². The zero-order valence-corrected chi connectivity index (χ0v) is 19.8. The third kappa shape index (κ3) is 3.51. The van der Waals surface area contributed by atoms with Crippen LogP contribution in [-0.2, 0) is 34.1 Å². The fourth-order valence-corrected chi connectivity index (χ4v) is 8.58. The minimum absolute atomic E-state index is 0. The van der Waals surface area contributed by atoms with Crippen LogP contribution >= 0.6 is 0 Å². The van der Waals surface area contributed by atoms with E-state index in [1.807, 2.05) is 0 Å². The summed E-state index contributed by atoms with van der Waals surface area (Å²) in [5.74, 6) is 0. The van der Waals surface area contributed by atoms with E-state index in [0.29, 0.717) is 0 Å². The Labute approximate surface area is 177 Å². The maximum atomic E-state index is 4.75. The van der Waals surface area contributed by atoms with Gasteiger partial charge in [0.1, 0.15) is 0 Å². The third-order valence-corrected chi connectivity index (χ3v) is 11.2. The van der Waals surface area contributed by atoms with Crippen LogP contribution in [0.4, 0.5) is 0 Å². The Bertz CT molecular complexity index is 887. The quantitative estimate of drug-likeness (QED) is 0.563. The first-order valence-electron chi connectivity index (χ1n) is 8.74. The molecule has 0 spiro atoms. The van der Waals surface area contributed by atoms with Crippen molar-refractivity contribution < 1.29 is 46.1 Å². The molecule has 2 aliphatic carbocycles. The predicted molar refractivity (Wildman–Crippen MR) is 102 cm³/mol. The predicted octanol–water partition coefficient (Wildman–Crippen LogP) is -0.527. The number of allylic oxidation sites excluding steroid dienone is 2. The van der Waals surface area contributed by atoms with E-state index in [0.717, 1.165) is 12.8 Å². The molecule has 3 heteroatoms. The maximum absolute atomic E-state index is 4.75. The first-order valence-corrected chi connectivity index (χ1v) is 12.9. The Hall–Kier alpha value is -0.747. The largest absolute Gasteiger partial charge is 1.00 e. The second-order valence-corrected chi connectivity index (χ2v) is 12.9. The molecule has 0 atom stereocenters. The fourth-order valence-electron chi connectivity index (χ4n) is 4.08. The second kappa shape index (κ2) is 8.09. The summed E-state index contributed by atoms with van der Waals surface area (Å²) in [5, 5.41) is 0. The van der Waals surface area contributed by atoms with E-state index in [1.54, 1.807) is 17.7 Å². The molecule has 0 fully saturated rings. The van der Waals surface area contributed by atoms with E-state index >= 15 is 0 Å². The Morgan fingerprint density at radius 2 is 1.00 bits per heavy atom. The van der Waals surface area contributed by atoms with Crippen LogP contribution in [0.1, 0.15) is 44.5 Å². The number of hydrogen-bond acceptors (Lipinski definition) is 0. The van der Waals surface area contributed by atoms with Crippen LogP contribution in [0.25, 0.3) is 12.2 Å². The zero-order valence-electron chi connectivity index (χ0n) is 15.8.